The van der Waals surface area contributed by atoms with Crippen LogP contribution in [0.25, 0.3) is 0 Å². The summed E-state index contributed by atoms with van der Waals surface area (Å²) in [6.45, 7) is 2.01. The topological polar surface area (TPSA) is 92.7 Å². The van der Waals surface area contributed by atoms with Gasteiger partial charge in [0.25, 0.3) is 0 Å². The van der Waals surface area contributed by atoms with Crippen molar-refractivity contribution >= 4 is 23.5 Å². The fourth-order valence-corrected chi connectivity index (χ4v) is 4.19. The average molecular weight is 331 g/mol. The van der Waals surface area contributed by atoms with Crippen molar-refractivity contribution in [3.8, 4) is 0 Å². The lowest BCUT2D eigenvalue weighted by Crippen LogP contribution is -2.37. The van der Waals surface area contributed by atoms with Crippen molar-refractivity contribution in [3.05, 3.63) is 29.8 Å². The molecule has 0 spiro atoms. The van der Waals surface area contributed by atoms with Gasteiger partial charge in [-0.15, -0.1) is 0 Å². The molecular weight excluding hydrogens is 310 g/mol. The van der Waals surface area contributed by atoms with Gasteiger partial charge in [-0.25, -0.2) is 4.79 Å². The minimum absolute atomic E-state index is 0.106. The van der Waals surface area contributed by atoms with Gasteiger partial charge in [-0.3, -0.25) is 9.59 Å². The van der Waals surface area contributed by atoms with Crippen molar-refractivity contribution < 1.29 is 24.2 Å². The predicted octanol–water partition coefficient (Wildman–Crippen LogP) is 2.55. The van der Waals surface area contributed by atoms with Gasteiger partial charge in [0.15, 0.2) is 0 Å². The van der Waals surface area contributed by atoms with Crippen LogP contribution in [0.3, 0.4) is 0 Å². The van der Waals surface area contributed by atoms with Crippen LogP contribution >= 0.6 is 0 Å². The number of nitrogens with one attached hydrogen (secondary N) is 1. The first kappa shape index (κ1) is 16.5. The van der Waals surface area contributed by atoms with Gasteiger partial charge in [-0.2, -0.15) is 0 Å². The van der Waals surface area contributed by atoms with E-state index in [1.807, 2.05) is 0 Å². The molecule has 128 valence electrons. The molecule has 2 fully saturated rings. The molecular formula is C18H21NO5. The Labute approximate surface area is 140 Å². The van der Waals surface area contributed by atoms with E-state index in [-0.39, 0.29) is 24.3 Å². The van der Waals surface area contributed by atoms with Crippen molar-refractivity contribution in [1.29, 1.82) is 0 Å². The molecule has 2 aliphatic rings. The summed E-state index contributed by atoms with van der Waals surface area (Å²) >= 11 is 0. The molecule has 0 unspecified atom stereocenters. The first-order valence-electron chi connectivity index (χ1n) is 8.32. The molecule has 0 aliphatic heterocycles. The fraction of sp³-hybridized carbons (Fsp3) is 0.500. The Morgan fingerprint density at radius 2 is 1.92 bits per heavy atom. The maximum Gasteiger partial charge on any atom is 0.338 e. The van der Waals surface area contributed by atoms with E-state index >= 15 is 0 Å². The quantitative estimate of drug-likeness (QED) is 0.809. The molecule has 1 aromatic rings. The normalized spacial score (nSPS) is 27.7. The van der Waals surface area contributed by atoms with Crippen LogP contribution in [0.2, 0.25) is 0 Å². The van der Waals surface area contributed by atoms with Gasteiger partial charge in [0.1, 0.15) is 0 Å². The molecule has 0 radical (unpaired) electrons. The number of carbonyl (C=O) groups excluding carboxylic acids is 2. The number of carboxylic acids is 1. The van der Waals surface area contributed by atoms with E-state index in [1.54, 1.807) is 31.2 Å². The Kier molecular flexibility index (Phi) is 4.55. The van der Waals surface area contributed by atoms with Crippen molar-refractivity contribution in [2.75, 3.05) is 11.9 Å². The number of ether oxygens (including phenoxy) is 1. The SMILES string of the molecule is CCOC(=O)c1cccc(NC(=O)[C@@H]2[C@H]3CC[C@@H](C3)[C@@H]2C(=O)O)c1. The third-order valence-corrected chi connectivity index (χ3v) is 5.15. The first-order chi connectivity index (χ1) is 11.5. The molecule has 6 nitrogen and oxygen atoms in total. The van der Waals surface area contributed by atoms with Crippen LogP contribution < -0.4 is 5.32 Å². The Hall–Kier alpha value is -2.37. The summed E-state index contributed by atoms with van der Waals surface area (Å²) in [6.07, 6.45) is 2.62. The van der Waals surface area contributed by atoms with Crippen LogP contribution in [-0.4, -0.2) is 29.6 Å². The Bertz CT molecular complexity index is 671. The largest absolute Gasteiger partial charge is 0.481 e. The standard InChI is InChI=1S/C18H21NO5/c1-2-24-18(23)12-4-3-5-13(9-12)19-16(20)14-10-6-7-11(8-10)15(14)17(21)22/h3-5,9-11,14-15H,2,6-8H2,1H3,(H,19,20)(H,21,22)/t10-,11-,14+,15-/m0/s1. The highest BCUT2D eigenvalue weighted by molar-refractivity contribution is 5.97. The van der Waals surface area contributed by atoms with E-state index in [0.717, 1.165) is 19.3 Å². The third kappa shape index (κ3) is 3.00. The minimum atomic E-state index is -0.886. The summed E-state index contributed by atoms with van der Waals surface area (Å²) in [5, 5.41) is 12.2. The second kappa shape index (κ2) is 6.63. The molecule has 0 saturated heterocycles. The molecule has 0 aromatic heterocycles. The first-order valence-corrected chi connectivity index (χ1v) is 8.32. The van der Waals surface area contributed by atoms with Crippen LogP contribution in [0.4, 0.5) is 5.69 Å². The van der Waals surface area contributed by atoms with Crippen molar-refractivity contribution in [2.45, 2.75) is 26.2 Å². The molecule has 2 saturated carbocycles. The highest BCUT2D eigenvalue weighted by atomic mass is 16.5. The molecule has 1 aromatic carbocycles. The lowest BCUT2D eigenvalue weighted by atomic mass is 9.78. The van der Waals surface area contributed by atoms with Crippen molar-refractivity contribution in [2.24, 2.45) is 23.7 Å². The molecule has 2 aliphatic carbocycles. The highest BCUT2D eigenvalue weighted by Gasteiger charge is 2.53. The summed E-state index contributed by atoms with van der Waals surface area (Å²) in [5.74, 6) is -2.45. The average Bonchev–Trinajstić information content (AvgIpc) is 3.16. The maximum atomic E-state index is 12.6. The van der Waals surface area contributed by atoms with E-state index in [1.165, 1.54) is 0 Å². The number of hydrogen-bond donors (Lipinski definition) is 2. The summed E-state index contributed by atoms with van der Waals surface area (Å²) in [7, 11) is 0. The molecule has 2 bridgehead atoms. The van der Waals surface area contributed by atoms with Crippen LogP contribution in [0.5, 0.6) is 0 Å². The molecule has 24 heavy (non-hydrogen) atoms. The number of anilines is 1. The number of rotatable bonds is 5. The Balaban J connectivity index is 1.74. The summed E-state index contributed by atoms with van der Waals surface area (Å²) < 4.78 is 4.95. The van der Waals surface area contributed by atoms with Gasteiger partial charge >= 0.3 is 11.9 Å². The van der Waals surface area contributed by atoms with Crippen LogP contribution in [0.1, 0.15) is 36.5 Å². The van der Waals surface area contributed by atoms with Crippen molar-refractivity contribution in [1.82, 2.24) is 0 Å². The molecule has 1 amide bonds. The number of aliphatic carboxylic acids is 1. The molecule has 3 rings (SSSR count). The zero-order chi connectivity index (χ0) is 17.3. The Morgan fingerprint density at radius 1 is 1.21 bits per heavy atom. The van der Waals surface area contributed by atoms with Crippen molar-refractivity contribution in [3.63, 3.8) is 0 Å². The summed E-state index contributed by atoms with van der Waals surface area (Å²) in [4.78, 5) is 35.9. The van der Waals surface area contributed by atoms with Gasteiger partial charge in [0, 0.05) is 5.69 Å². The number of esters is 1. The fourth-order valence-electron chi connectivity index (χ4n) is 4.19. The van der Waals surface area contributed by atoms with Gasteiger partial charge in [0.2, 0.25) is 5.91 Å². The zero-order valence-electron chi connectivity index (χ0n) is 13.5. The van der Waals surface area contributed by atoms with E-state index < -0.39 is 23.8 Å². The van der Waals surface area contributed by atoms with E-state index in [4.69, 9.17) is 4.74 Å². The van der Waals surface area contributed by atoms with Gasteiger partial charge in [-0.1, -0.05) is 6.07 Å². The monoisotopic (exact) mass is 331 g/mol. The van der Waals surface area contributed by atoms with E-state index in [0.29, 0.717) is 11.3 Å². The lowest BCUT2D eigenvalue weighted by molar-refractivity contribution is -0.148. The third-order valence-electron chi connectivity index (χ3n) is 5.15. The highest BCUT2D eigenvalue weighted by Crippen LogP contribution is 2.52. The number of fused-ring (bicyclic) bond motifs is 2. The molecule has 2 N–H and O–H groups in total. The van der Waals surface area contributed by atoms with Gasteiger partial charge in [0.05, 0.1) is 24.0 Å². The predicted molar refractivity (Wildman–Crippen MR) is 86.5 cm³/mol. The van der Waals surface area contributed by atoms with E-state index in [9.17, 15) is 19.5 Å². The summed E-state index contributed by atoms with van der Waals surface area (Å²) in [6, 6.07) is 6.52. The number of benzene rings is 1. The van der Waals surface area contributed by atoms with E-state index in [2.05, 4.69) is 5.32 Å². The van der Waals surface area contributed by atoms with Gasteiger partial charge < -0.3 is 15.2 Å². The number of hydrogen-bond acceptors (Lipinski definition) is 4. The lowest BCUT2D eigenvalue weighted by Gasteiger charge is -2.27. The molecule has 6 heteroatoms. The summed E-state index contributed by atoms with van der Waals surface area (Å²) in [5.41, 5.74) is 0.842. The minimum Gasteiger partial charge on any atom is -0.481 e. The number of amides is 1. The molecule has 0 heterocycles. The van der Waals surface area contributed by atoms with Crippen LogP contribution in [-0.2, 0) is 14.3 Å². The smallest absolute Gasteiger partial charge is 0.338 e. The van der Waals surface area contributed by atoms with Crippen LogP contribution in [0.15, 0.2) is 24.3 Å². The second-order valence-corrected chi connectivity index (χ2v) is 6.51. The number of carbonyl (C=O) groups is 3. The van der Waals surface area contributed by atoms with Crippen LogP contribution in [0, 0.1) is 23.7 Å². The zero-order valence-corrected chi connectivity index (χ0v) is 13.5. The second-order valence-electron chi connectivity index (χ2n) is 6.51. The van der Waals surface area contributed by atoms with Gasteiger partial charge in [-0.05, 0) is 56.2 Å². The Morgan fingerprint density at radius 3 is 2.58 bits per heavy atom. The maximum absolute atomic E-state index is 12.6. The number of carboxylic acid groups (broad SMARTS) is 1. The molecule has 4 atom stereocenters.